The van der Waals surface area contributed by atoms with Gasteiger partial charge in [0.05, 0.1) is 5.69 Å². The van der Waals surface area contributed by atoms with Crippen LogP contribution in [0, 0.1) is 0 Å². The minimum atomic E-state index is -0.568. The van der Waals surface area contributed by atoms with Crippen LogP contribution in [0.2, 0.25) is 0 Å². The molecule has 0 bridgehead atoms. The number of rotatable bonds is 6. The van der Waals surface area contributed by atoms with Crippen LogP contribution < -0.4 is 15.0 Å². The quantitative estimate of drug-likeness (QED) is 0.655. The van der Waals surface area contributed by atoms with Gasteiger partial charge in [-0.25, -0.2) is 0 Å². The Bertz CT molecular complexity index is 1070. The van der Waals surface area contributed by atoms with Crippen molar-refractivity contribution in [2.75, 3.05) is 16.8 Å². The predicted molar refractivity (Wildman–Crippen MR) is 114 cm³/mol. The summed E-state index contributed by atoms with van der Waals surface area (Å²) in [5.74, 6) is 0.348. The van der Waals surface area contributed by atoms with Crippen LogP contribution in [-0.2, 0) is 16.6 Å². The van der Waals surface area contributed by atoms with Crippen LogP contribution in [-0.4, -0.2) is 39.2 Å². The molecule has 8 nitrogen and oxygen atoms in total. The highest BCUT2D eigenvalue weighted by atomic mass is 32.2. The number of aryl methyl sites for hydroxylation is 1. The first-order valence-corrected chi connectivity index (χ1v) is 10.3. The van der Waals surface area contributed by atoms with Crippen molar-refractivity contribution < 1.29 is 14.3 Å². The van der Waals surface area contributed by atoms with Crippen molar-refractivity contribution in [3.8, 4) is 5.75 Å². The summed E-state index contributed by atoms with van der Waals surface area (Å²) in [6.45, 7) is 2.00. The molecular formula is C21H21N5O3S. The van der Waals surface area contributed by atoms with E-state index in [1.165, 1.54) is 11.8 Å². The van der Waals surface area contributed by atoms with Gasteiger partial charge in [-0.3, -0.25) is 9.59 Å². The van der Waals surface area contributed by atoms with Gasteiger partial charge >= 0.3 is 0 Å². The maximum atomic E-state index is 12.5. The molecule has 0 aliphatic carbocycles. The molecule has 0 saturated heterocycles. The number of fused-ring (bicyclic) bond motifs is 1. The summed E-state index contributed by atoms with van der Waals surface area (Å²) in [7, 11) is 1.88. The van der Waals surface area contributed by atoms with Gasteiger partial charge < -0.3 is 19.5 Å². The van der Waals surface area contributed by atoms with Crippen molar-refractivity contribution in [3.63, 3.8) is 0 Å². The molecule has 154 valence electrons. The minimum absolute atomic E-state index is 0.147. The summed E-state index contributed by atoms with van der Waals surface area (Å²) in [6, 6.07) is 14.9. The summed E-state index contributed by atoms with van der Waals surface area (Å²) in [5.41, 5.74) is 1.39. The Hall–Kier alpha value is -3.33. The first-order valence-electron chi connectivity index (χ1n) is 9.50. The molecule has 0 saturated carbocycles. The number of benzene rings is 2. The third-order valence-corrected chi connectivity index (χ3v) is 5.71. The normalized spacial score (nSPS) is 15.5. The van der Waals surface area contributed by atoms with Crippen LogP contribution in [0.3, 0.4) is 0 Å². The fourth-order valence-electron chi connectivity index (χ4n) is 3.10. The zero-order valence-electron chi connectivity index (χ0n) is 16.6. The van der Waals surface area contributed by atoms with Gasteiger partial charge in [0.2, 0.25) is 5.91 Å². The zero-order chi connectivity index (χ0) is 21.1. The Morgan fingerprint density at radius 1 is 1.20 bits per heavy atom. The van der Waals surface area contributed by atoms with E-state index in [9.17, 15) is 9.59 Å². The Labute approximate surface area is 178 Å². The molecule has 1 N–H and O–H groups in total. The Morgan fingerprint density at radius 3 is 2.70 bits per heavy atom. The van der Waals surface area contributed by atoms with Crippen molar-refractivity contribution in [2.45, 2.75) is 29.5 Å². The number of ether oxygens (including phenoxy) is 1. The molecule has 4 rings (SSSR count). The summed E-state index contributed by atoms with van der Waals surface area (Å²) in [6.07, 6.45) is 1.26. The summed E-state index contributed by atoms with van der Waals surface area (Å²) in [5, 5.41) is 11.6. The van der Waals surface area contributed by atoms with Gasteiger partial charge in [-0.2, -0.15) is 0 Å². The number of nitrogens with one attached hydrogen (secondary N) is 1. The molecular weight excluding hydrogens is 402 g/mol. The third kappa shape index (κ3) is 4.30. The maximum Gasteiger partial charge on any atom is 0.267 e. The van der Waals surface area contributed by atoms with Crippen molar-refractivity contribution in [1.82, 2.24) is 14.8 Å². The number of carbonyl (C=O) groups excluding carboxylic acids is 2. The van der Waals surface area contributed by atoms with Gasteiger partial charge in [-0.1, -0.05) is 12.1 Å². The van der Waals surface area contributed by atoms with Crippen molar-refractivity contribution >= 4 is 35.0 Å². The Morgan fingerprint density at radius 2 is 1.97 bits per heavy atom. The fraction of sp³-hybridized carbons (Fsp3) is 0.238. The summed E-state index contributed by atoms with van der Waals surface area (Å²) < 4.78 is 7.47. The Balaban J connectivity index is 1.35. The highest BCUT2D eigenvalue weighted by Gasteiger charge is 2.31. The number of nitrogens with zero attached hydrogens (tertiary/aromatic N) is 4. The summed E-state index contributed by atoms with van der Waals surface area (Å²) in [4.78, 5) is 27.5. The fourth-order valence-corrected chi connectivity index (χ4v) is 3.87. The van der Waals surface area contributed by atoms with Crippen molar-refractivity contribution in [1.29, 1.82) is 0 Å². The van der Waals surface area contributed by atoms with E-state index in [-0.39, 0.29) is 24.8 Å². The number of amides is 2. The monoisotopic (exact) mass is 423 g/mol. The first-order chi connectivity index (χ1) is 14.5. The molecule has 9 heteroatoms. The van der Waals surface area contributed by atoms with E-state index in [0.29, 0.717) is 17.1 Å². The van der Waals surface area contributed by atoms with E-state index in [1.54, 1.807) is 18.2 Å². The van der Waals surface area contributed by atoms with Crippen LogP contribution in [0.25, 0.3) is 0 Å². The molecule has 30 heavy (non-hydrogen) atoms. The van der Waals surface area contributed by atoms with E-state index in [4.69, 9.17) is 4.74 Å². The SMILES string of the molecule is CC1Oc2ccccc2N(CCC(=O)Nc2ccc(Sc3nncn3C)cc2)C1=O. The van der Waals surface area contributed by atoms with Crippen LogP contribution in [0.1, 0.15) is 13.3 Å². The number of carbonyl (C=O) groups is 2. The van der Waals surface area contributed by atoms with E-state index < -0.39 is 6.10 Å². The number of para-hydroxylation sites is 2. The summed E-state index contributed by atoms with van der Waals surface area (Å²) >= 11 is 1.49. The lowest BCUT2D eigenvalue weighted by molar-refractivity contribution is -0.125. The molecule has 0 radical (unpaired) electrons. The highest BCUT2D eigenvalue weighted by Crippen LogP contribution is 2.33. The molecule has 0 fully saturated rings. The van der Waals surface area contributed by atoms with Gasteiger partial charge in [0, 0.05) is 30.6 Å². The van der Waals surface area contributed by atoms with E-state index in [0.717, 1.165) is 10.1 Å². The minimum Gasteiger partial charge on any atom is -0.479 e. The lowest BCUT2D eigenvalue weighted by Crippen LogP contribution is -2.45. The molecule has 1 atom stereocenters. The number of hydrogen-bond donors (Lipinski definition) is 1. The van der Waals surface area contributed by atoms with Crippen LogP contribution in [0.15, 0.2) is 64.9 Å². The van der Waals surface area contributed by atoms with E-state index in [2.05, 4.69) is 15.5 Å². The molecule has 2 aromatic carbocycles. The van der Waals surface area contributed by atoms with Gasteiger partial charge in [0.1, 0.15) is 12.1 Å². The topological polar surface area (TPSA) is 89.3 Å². The van der Waals surface area contributed by atoms with Crippen molar-refractivity contribution in [2.24, 2.45) is 7.05 Å². The zero-order valence-corrected chi connectivity index (χ0v) is 17.4. The number of aromatic nitrogens is 3. The van der Waals surface area contributed by atoms with Gasteiger partial charge in [0.25, 0.3) is 5.91 Å². The van der Waals surface area contributed by atoms with Crippen LogP contribution in [0.4, 0.5) is 11.4 Å². The second-order valence-corrected chi connectivity index (χ2v) is 7.91. The van der Waals surface area contributed by atoms with Gasteiger partial charge in [-0.15, -0.1) is 10.2 Å². The average Bonchev–Trinajstić information content (AvgIpc) is 3.14. The maximum absolute atomic E-state index is 12.5. The predicted octanol–water partition coefficient (Wildman–Crippen LogP) is 3.11. The van der Waals surface area contributed by atoms with E-state index in [1.807, 2.05) is 60.1 Å². The van der Waals surface area contributed by atoms with Crippen molar-refractivity contribution in [3.05, 3.63) is 54.9 Å². The second-order valence-electron chi connectivity index (χ2n) is 6.87. The van der Waals surface area contributed by atoms with Gasteiger partial charge in [-0.05, 0) is 55.1 Å². The molecule has 1 unspecified atom stereocenters. The molecule has 3 aromatic rings. The molecule has 1 aliphatic heterocycles. The highest BCUT2D eigenvalue weighted by molar-refractivity contribution is 7.99. The lowest BCUT2D eigenvalue weighted by atomic mass is 10.1. The van der Waals surface area contributed by atoms with E-state index >= 15 is 0 Å². The first kappa shape index (κ1) is 20.0. The third-order valence-electron chi connectivity index (χ3n) is 4.65. The molecule has 2 amide bonds. The molecule has 0 spiro atoms. The molecule has 2 heterocycles. The van der Waals surface area contributed by atoms with Gasteiger partial charge in [0.15, 0.2) is 11.3 Å². The standard InChI is InChI=1S/C21H21N5O3S/c1-14-20(28)26(17-5-3-4-6-18(17)29-14)12-11-19(27)23-15-7-9-16(10-8-15)30-21-24-22-13-25(21)2/h3-10,13-14H,11-12H2,1-2H3,(H,23,27). The smallest absolute Gasteiger partial charge is 0.267 e. The lowest BCUT2D eigenvalue weighted by Gasteiger charge is -2.32. The molecule has 1 aliphatic rings. The Kier molecular flexibility index (Phi) is 5.71. The largest absolute Gasteiger partial charge is 0.479 e. The second kappa shape index (κ2) is 8.58. The van der Waals surface area contributed by atoms with Crippen LogP contribution >= 0.6 is 11.8 Å². The average molecular weight is 423 g/mol. The van der Waals surface area contributed by atoms with Crippen LogP contribution in [0.5, 0.6) is 5.75 Å². The molecule has 1 aromatic heterocycles. The number of hydrogen-bond acceptors (Lipinski definition) is 6. The number of anilines is 2.